The van der Waals surface area contributed by atoms with Crippen LogP contribution in [0.5, 0.6) is 0 Å². The van der Waals surface area contributed by atoms with Crippen molar-refractivity contribution in [3.05, 3.63) is 17.5 Å². The van der Waals surface area contributed by atoms with Gasteiger partial charge in [-0.2, -0.15) is 0 Å². The van der Waals surface area contributed by atoms with Gasteiger partial charge in [-0.25, -0.2) is 9.97 Å². The minimum absolute atomic E-state index is 0.750. The van der Waals surface area contributed by atoms with Crippen molar-refractivity contribution >= 4 is 5.95 Å². The summed E-state index contributed by atoms with van der Waals surface area (Å²) in [6.45, 7) is 9.69. The van der Waals surface area contributed by atoms with Crippen molar-refractivity contribution in [2.45, 2.75) is 33.7 Å². The number of hydrogen-bond donors (Lipinski definition) is 1. The van der Waals surface area contributed by atoms with E-state index in [9.17, 15) is 0 Å². The zero-order valence-corrected chi connectivity index (χ0v) is 11.9. The van der Waals surface area contributed by atoms with E-state index in [1.807, 2.05) is 13.2 Å². The van der Waals surface area contributed by atoms with Gasteiger partial charge in [-0.15, -0.1) is 0 Å². The largest absolute Gasteiger partial charge is 0.341 e. The molecule has 0 radical (unpaired) electrons. The first-order valence-corrected chi connectivity index (χ1v) is 6.84. The van der Waals surface area contributed by atoms with Gasteiger partial charge in [-0.05, 0) is 32.2 Å². The summed E-state index contributed by atoms with van der Waals surface area (Å²) >= 11 is 0. The zero-order valence-electron chi connectivity index (χ0n) is 11.9. The van der Waals surface area contributed by atoms with E-state index in [1.54, 1.807) is 0 Å². The highest BCUT2D eigenvalue weighted by atomic mass is 15.3. The number of anilines is 1. The standard InChI is InChI=1S/C14H24N4/c1-10(2)12-5-6-18(9-12)14-16-8-13(7-15-4)11(3)17-14/h8,10,12,15H,5-7,9H2,1-4H3. The summed E-state index contributed by atoms with van der Waals surface area (Å²) in [5.74, 6) is 2.43. The Labute approximate surface area is 110 Å². The van der Waals surface area contributed by atoms with Crippen LogP contribution in [-0.2, 0) is 6.54 Å². The van der Waals surface area contributed by atoms with E-state index >= 15 is 0 Å². The Balaban J connectivity index is 2.08. The molecule has 1 aromatic rings. The van der Waals surface area contributed by atoms with Gasteiger partial charge < -0.3 is 10.2 Å². The molecule has 4 nitrogen and oxygen atoms in total. The number of nitrogens with one attached hydrogen (secondary N) is 1. The van der Waals surface area contributed by atoms with E-state index in [0.717, 1.165) is 43.1 Å². The summed E-state index contributed by atoms with van der Waals surface area (Å²) in [4.78, 5) is 11.5. The third-order valence-corrected chi connectivity index (χ3v) is 3.89. The topological polar surface area (TPSA) is 41.1 Å². The third kappa shape index (κ3) is 2.80. The van der Waals surface area contributed by atoms with Crippen molar-refractivity contribution in [3.63, 3.8) is 0 Å². The van der Waals surface area contributed by atoms with Gasteiger partial charge in [-0.1, -0.05) is 13.8 Å². The Hall–Kier alpha value is -1.16. The number of nitrogens with zero attached hydrogens (tertiary/aromatic N) is 3. The SMILES string of the molecule is CNCc1cnc(N2CCC(C(C)C)C2)nc1C. The average molecular weight is 248 g/mol. The quantitative estimate of drug-likeness (QED) is 0.884. The van der Waals surface area contributed by atoms with Crippen LogP contribution in [0.25, 0.3) is 0 Å². The van der Waals surface area contributed by atoms with Gasteiger partial charge in [0.15, 0.2) is 0 Å². The molecule has 1 saturated heterocycles. The lowest BCUT2D eigenvalue weighted by atomic mass is 9.95. The van der Waals surface area contributed by atoms with Crippen LogP contribution in [-0.4, -0.2) is 30.1 Å². The molecule has 0 saturated carbocycles. The Morgan fingerprint density at radius 1 is 1.50 bits per heavy atom. The number of rotatable bonds is 4. The summed E-state index contributed by atoms with van der Waals surface area (Å²) < 4.78 is 0. The second kappa shape index (κ2) is 5.65. The summed E-state index contributed by atoms with van der Waals surface area (Å²) in [7, 11) is 1.95. The fourth-order valence-corrected chi connectivity index (χ4v) is 2.51. The Kier molecular flexibility index (Phi) is 4.17. The molecular weight excluding hydrogens is 224 g/mol. The van der Waals surface area contributed by atoms with Crippen LogP contribution in [0.2, 0.25) is 0 Å². The van der Waals surface area contributed by atoms with Gasteiger partial charge in [0, 0.05) is 37.1 Å². The van der Waals surface area contributed by atoms with Crippen molar-refractivity contribution in [1.82, 2.24) is 15.3 Å². The summed E-state index contributed by atoms with van der Waals surface area (Å²) in [5.41, 5.74) is 2.27. The summed E-state index contributed by atoms with van der Waals surface area (Å²) in [5, 5.41) is 3.14. The van der Waals surface area contributed by atoms with Crippen molar-refractivity contribution < 1.29 is 0 Å². The molecule has 1 fully saturated rings. The van der Waals surface area contributed by atoms with Crippen LogP contribution in [0.1, 0.15) is 31.5 Å². The molecular formula is C14H24N4. The summed E-state index contributed by atoms with van der Waals surface area (Å²) in [6, 6.07) is 0. The van der Waals surface area contributed by atoms with Crippen LogP contribution in [0.15, 0.2) is 6.20 Å². The van der Waals surface area contributed by atoms with Crippen LogP contribution in [0.4, 0.5) is 5.95 Å². The molecule has 0 bridgehead atoms. The highest BCUT2D eigenvalue weighted by Crippen LogP contribution is 2.26. The molecule has 1 unspecified atom stereocenters. The fraction of sp³-hybridized carbons (Fsp3) is 0.714. The van der Waals surface area contributed by atoms with Gasteiger partial charge in [0.2, 0.25) is 5.95 Å². The molecule has 18 heavy (non-hydrogen) atoms. The van der Waals surface area contributed by atoms with E-state index < -0.39 is 0 Å². The van der Waals surface area contributed by atoms with Crippen molar-refractivity contribution in [2.24, 2.45) is 11.8 Å². The van der Waals surface area contributed by atoms with Gasteiger partial charge in [0.25, 0.3) is 0 Å². The maximum Gasteiger partial charge on any atom is 0.225 e. The smallest absolute Gasteiger partial charge is 0.225 e. The molecule has 0 spiro atoms. The second-order valence-electron chi connectivity index (χ2n) is 5.55. The first-order chi connectivity index (χ1) is 8.61. The molecule has 1 atom stereocenters. The van der Waals surface area contributed by atoms with Crippen molar-refractivity contribution in [2.75, 3.05) is 25.0 Å². The number of aromatic nitrogens is 2. The molecule has 1 aromatic heterocycles. The van der Waals surface area contributed by atoms with E-state index in [2.05, 4.69) is 41.0 Å². The van der Waals surface area contributed by atoms with Crippen molar-refractivity contribution in [1.29, 1.82) is 0 Å². The highest BCUT2D eigenvalue weighted by Gasteiger charge is 2.26. The van der Waals surface area contributed by atoms with Crippen LogP contribution < -0.4 is 10.2 Å². The van der Waals surface area contributed by atoms with Crippen LogP contribution in [0, 0.1) is 18.8 Å². The van der Waals surface area contributed by atoms with Gasteiger partial charge in [0.05, 0.1) is 0 Å². The predicted octanol–water partition coefficient (Wildman–Crippen LogP) is 1.99. The minimum atomic E-state index is 0.750. The molecule has 1 aliphatic rings. The molecule has 0 amide bonds. The van der Waals surface area contributed by atoms with E-state index in [0.29, 0.717) is 0 Å². The van der Waals surface area contributed by atoms with Gasteiger partial charge in [0.1, 0.15) is 0 Å². The fourth-order valence-electron chi connectivity index (χ4n) is 2.51. The molecule has 2 rings (SSSR count). The number of hydrogen-bond acceptors (Lipinski definition) is 4. The predicted molar refractivity (Wildman–Crippen MR) is 74.7 cm³/mol. The lowest BCUT2D eigenvalue weighted by Gasteiger charge is -2.18. The Morgan fingerprint density at radius 2 is 2.28 bits per heavy atom. The van der Waals surface area contributed by atoms with E-state index in [4.69, 9.17) is 0 Å². The van der Waals surface area contributed by atoms with Gasteiger partial charge in [-0.3, -0.25) is 0 Å². The first-order valence-electron chi connectivity index (χ1n) is 6.84. The maximum absolute atomic E-state index is 4.64. The zero-order chi connectivity index (χ0) is 13.1. The Bertz CT molecular complexity index is 403. The highest BCUT2D eigenvalue weighted by molar-refractivity contribution is 5.34. The molecule has 1 N–H and O–H groups in total. The average Bonchev–Trinajstić information content (AvgIpc) is 2.81. The molecule has 1 aliphatic heterocycles. The van der Waals surface area contributed by atoms with Crippen LogP contribution >= 0.6 is 0 Å². The van der Waals surface area contributed by atoms with E-state index in [-0.39, 0.29) is 0 Å². The minimum Gasteiger partial charge on any atom is -0.341 e. The normalized spacial score (nSPS) is 19.8. The third-order valence-electron chi connectivity index (χ3n) is 3.89. The van der Waals surface area contributed by atoms with E-state index in [1.165, 1.54) is 12.0 Å². The van der Waals surface area contributed by atoms with Crippen LogP contribution in [0.3, 0.4) is 0 Å². The molecule has 0 aromatic carbocycles. The lowest BCUT2D eigenvalue weighted by Crippen LogP contribution is -2.24. The van der Waals surface area contributed by atoms with Crippen molar-refractivity contribution in [3.8, 4) is 0 Å². The molecule has 0 aliphatic carbocycles. The monoisotopic (exact) mass is 248 g/mol. The lowest BCUT2D eigenvalue weighted by molar-refractivity contribution is 0.422. The molecule has 2 heterocycles. The maximum atomic E-state index is 4.64. The number of aryl methyl sites for hydroxylation is 1. The molecule has 4 heteroatoms. The molecule has 100 valence electrons. The first kappa shape index (κ1) is 13.3. The Morgan fingerprint density at radius 3 is 2.83 bits per heavy atom. The summed E-state index contributed by atoms with van der Waals surface area (Å²) in [6.07, 6.45) is 3.22. The van der Waals surface area contributed by atoms with Gasteiger partial charge >= 0.3 is 0 Å². The second-order valence-corrected chi connectivity index (χ2v) is 5.55.